The number of aryl methyl sites for hydroxylation is 1. The Labute approximate surface area is 137 Å². The van der Waals surface area contributed by atoms with Gasteiger partial charge in [-0.05, 0) is 13.0 Å². The van der Waals surface area contributed by atoms with Crippen molar-refractivity contribution in [1.29, 1.82) is 0 Å². The number of methoxy groups -OCH3 is 1. The Bertz CT molecular complexity index is 838. The van der Waals surface area contributed by atoms with Crippen LogP contribution >= 0.6 is 11.6 Å². The molecule has 1 aromatic heterocycles. The van der Waals surface area contributed by atoms with E-state index >= 15 is 0 Å². The van der Waals surface area contributed by atoms with Crippen LogP contribution in [0.15, 0.2) is 39.6 Å². The number of hydrogen-bond acceptors (Lipinski definition) is 6. The topological polar surface area (TPSA) is 69.0 Å². The quantitative estimate of drug-likeness (QED) is 0.485. The van der Waals surface area contributed by atoms with Crippen LogP contribution in [0.5, 0.6) is 5.75 Å². The van der Waals surface area contributed by atoms with Crippen molar-refractivity contribution in [2.24, 2.45) is 0 Å². The summed E-state index contributed by atoms with van der Waals surface area (Å²) in [6.45, 7) is 1.65. The van der Waals surface area contributed by atoms with Gasteiger partial charge in [-0.15, -0.1) is 0 Å². The first kappa shape index (κ1) is 16.9. The van der Waals surface area contributed by atoms with E-state index in [9.17, 15) is 9.59 Å². The molecular weight excluding hydrogens is 322 g/mol. The van der Waals surface area contributed by atoms with E-state index in [-0.39, 0.29) is 22.0 Å². The number of nitrogens with zero attached hydrogens (tertiary/aromatic N) is 1. The molecule has 1 aromatic carbocycles. The van der Waals surface area contributed by atoms with Crippen molar-refractivity contribution in [3.8, 4) is 5.75 Å². The third kappa shape index (κ3) is 3.65. The van der Waals surface area contributed by atoms with Crippen molar-refractivity contribution in [2.75, 3.05) is 21.2 Å². The second-order valence-corrected chi connectivity index (χ2v) is 5.48. The van der Waals surface area contributed by atoms with E-state index in [4.69, 9.17) is 20.8 Å². The van der Waals surface area contributed by atoms with Crippen molar-refractivity contribution in [1.82, 2.24) is 4.90 Å². The van der Waals surface area contributed by atoms with Crippen molar-refractivity contribution >= 4 is 28.5 Å². The third-order valence-electron chi connectivity index (χ3n) is 2.98. The smallest absolute Gasteiger partial charge is 0.375 e. The molecule has 0 radical (unpaired) electrons. The largest absolute Gasteiger partial charge is 0.464 e. The number of fused-ring (bicyclic) bond motifs is 1. The molecule has 0 atom stereocenters. The molecular formula is C16H16ClNO5. The molecule has 0 amide bonds. The van der Waals surface area contributed by atoms with Gasteiger partial charge in [0.1, 0.15) is 11.3 Å². The van der Waals surface area contributed by atoms with Crippen LogP contribution in [0, 0.1) is 6.92 Å². The van der Waals surface area contributed by atoms with Crippen LogP contribution in [0.4, 0.5) is 0 Å². The number of benzene rings is 1. The minimum atomic E-state index is -0.653. The lowest BCUT2D eigenvalue weighted by atomic mass is 10.2. The van der Waals surface area contributed by atoms with Crippen LogP contribution in [-0.4, -0.2) is 32.1 Å². The monoisotopic (exact) mass is 337 g/mol. The summed E-state index contributed by atoms with van der Waals surface area (Å²) in [5.41, 5.74) is 0.621. The van der Waals surface area contributed by atoms with Gasteiger partial charge in [0.15, 0.2) is 5.43 Å². The molecule has 0 saturated carbocycles. The number of halogens is 1. The van der Waals surface area contributed by atoms with E-state index in [1.165, 1.54) is 31.7 Å². The zero-order chi connectivity index (χ0) is 17.1. The molecule has 0 saturated heterocycles. The number of esters is 1. The Morgan fingerprint density at radius 3 is 2.65 bits per heavy atom. The summed E-state index contributed by atoms with van der Waals surface area (Å²) in [5.74, 6) is -0.516. The summed E-state index contributed by atoms with van der Waals surface area (Å²) in [6.07, 6.45) is 2.82. The standard InChI is InChI=1S/C16H16ClNO5/c1-9-8-22-12-6-13(11(17)5-10(12)15(9)19)23-14(7-18(2)3)16(20)21-4/h5-8H,1-4H3/b14-7-. The molecule has 1 heterocycles. The van der Waals surface area contributed by atoms with E-state index in [1.54, 1.807) is 25.9 Å². The highest BCUT2D eigenvalue weighted by atomic mass is 35.5. The fourth-order valence-electron chi connectivity index (χ4n) is 1.88. The van der Waals surface area contributed by atoms with Gasteiger partial charge in [-0.3, -0.25) is 4.79 Å². The van der Waals surface area contributed by atoms with Crippen molar-refractivity contribution in [3.63, 3.8) is 0 Å². The summed E-state index contributed by atoms with van der Waals surface area (Å²) >= 11 is 6.16. The average Bonchev–Trinajstić information content (AvgIpc) is 2.50. The van der Waals surface area contributed by atoms with Gasteiger partial charge < -0.3 is 18.8 Å². The van der Waals surface area contributed by atoms with Crippen molar-refractivity contribution in [3.05, 3.63) is 51.2 Å². The van der Waals surface area contributed by atoms with Crippen LogP contribution in [0.3, 0.4) is 0 Å². The lowest BCUT2D eigenvalue weighted by molar-refractivity contribution is -0.138. The van der Waals surface area contributed by atoms with Crippen molar-refractivity contribution < 1.29 is 18.7 Å². The lowest BCUT2D eigenvalue weighted by Crippen LogP contribution is -2.15. The molecule has 0 aliphatic heterocycles. The summed E-state index contributed by atoms with van der Waals surface area (Å²) < 4.78 is 15.6. The molecule has 2 aromatic rings. The lowest BCUT2D eigenvalue weighted by Gasteiger charge is -2.13. The van der Waals surface area contributed by atoms with E-state index in [0.717, 1.165) is 0 Å². The van der Waals surface area contributed by atoms with Gasteiger partial charge in [-0.2, -0.15) is 0 Å². The predicted octanol–water partition coefficient (Wildman–Crippen LogP) is 2.71. The molecule has 0 unspecified atom stereocenters. The van der Waals surface area contributed by atoms with Gasteiger partial charge in [-0.1, -0.05) is 11.6 Å². The Kier molecular flexibility index (Phi) is 4.95. The highest BCUT2D eigenvalue weighted by Crippen LogP contribution is 2.30. The third-order valence-corrected chi connectivity index (χ3v) is 3.28. The fraction of sp³-hybridized carbons (Fsp3) is 0.250. The Morgan fingerprint density at radius 2 is 2.04 bits per heavy atom. The minimum Gasteiger partial charge on any atom is -0.464 e. The molecule has 0 aliphatic carbocycles. The first-order valence-electron chi connectivity index (χ1n) is 6.69. The summed E-state index contributed by atoms with van der Waals surface area (Å²) in [5, 5.41) is 0.530. The average molecular weight is 338 g/mol. The molecule has 7 heteroatoms. The first-order valence-corrected chi connectivity index (χ1v) is 7.07. The summed E-state index contributed by atoms with van der Waals surface area (Å²) in [6, 6.07) is 2.92. The highest BCUT2D eigenvalue weighted by molar-refractivity contribution is 6.32. The SMILES string of the molecule is COC(=O)/C(=C/N(C)C)Oc1cc2occ(C)c(=O)c2cc1Cl. The van der Waals surface area contributed by atoms with Gasteiger partial charge in [0.2, 0.25) is 5.76 Å². The van der Waals surface area contributed by atoms with Gasteiger partial charge >= 0.3 is 5.97 Å². The van der Waals surface area contributed by atoms with E-state index < -0.39 is 5.97 Å². The number of ether oxygens (including phenoxy) is 2. The molecule has 6 nitrogen and oxygen atoms in total. The Balaban J connectivity index is 2.51. The molecule has 0 fully saturated rings. The summed E-state index contributed by atoms with van der Waals surface area (Å²) in [4.78, 5) is 25.5. The van der Waals surface area contributed by atoms with Gasteiger partial charge in [0, 0.05) is 31.9 Å². The van der Waals surface area contributed by atoms with Crippen LogP contribution in [-0.2, 0) is 9.53 Å². The van der Waals surface area contributed by atoms with E-state index in [2.05, 4.69) is 4.74 Å². The first-order chi connectivity index (χ1) is 10.8. The van der Waals surface area contributed by atoms with Gasteiger partial charge in [-0.25, -0.2) is 4.79 Å². The Morgan fingerprint density at radius 1 is 1.35 bits per heavy atom. The Hall–Kier alpha value is -2.47. The second-order valence-electron chi connectivity index (χ2n) is 5.08. The number of carbonyl (C=O) groups is 1. The van der Waals surface area contributed by atoms with Crippen LogP contribution in [0.25, 0.3) is 11.0 Å². The molecule has 23 heavy (non-hydrogen) atoms. The second kappa shape index (κ2) is 6.75. The molecule has 0 aliphatic rings. The van der Waals surface area contributed by atoms with E-state index in [0.29, 0.717) is 16.5 Å². The van der Waals surface area contributed by atoms with Gasteiger partial charge in [0.25, 0.3) is 0 Å². The zero-order valence-electron chi connectivity index (χ0n) is 13.2. The molecule has 0 spiro atoms. The van der Waals surface area contributed by atoms with Crippen LogP contribution in [0.1, 0.15) is 5.56 Å². The van der Waals surface area contributed by atoms with Crippen LogP contribution < -0.4 is 10.2 Å². The predicted molar refractivity (Wildman–Crippen MR) is 86.6 cm³/mol. The summed E-state index contributed by atoms with van der Waals surface area (Å²) in [7, 11) is 4.71. The van der Waals surface area contributed by atoms with Crippen molar-refractivity contribution in [2.45, 2.75) is 6.92 Å². The molecule has 0 bridgehead atoms. The van der Waals surface area contributed by atoms with Gasteiger partial charge in [0.05, 0.1) is 23.8 Å². The maximum Gasteiger partial charge on any atom is 0.375 e. The number of carbonyl (C=O) groups excluding carboxylic acids is 1. The fourth-order valence-corrected chi connectivity index (χ4v) is 2.08. The normalized spacial score (nSPS) is 11.4. The maximum atomic E-state index is 12.1. The number of hydrogen-bond donors (Lipinski definition) is 0. The highest BCUT2D eigenvalue weighted by Gasteiger charge is 2.17. The number of rotatable bonds is 4. The maximum absolute atomic E-state index is 12.1. The van der Waals surface area contributed by atoms with Crippen LogP contribution in [0.2, 0.25) is 5.02 Å². The molecule has 122 valence electrons. The molecule has 0 N–H and O–H groups in total. The zero-order valence-corrected chi connectivity index (χ0v) is 13.9. The minimum absolute atomic E-state index is 0.0480. The molecule has 2 rings (SSSR count). The van der Waals surface area contributed by atoms with E-state index in [1.807, 2.05) is 0 Å².